The first-order chi connectivity index (χ1) is 9.42. The van der Waals surface area contributed by atoms with Crippen LogP contribution < -0.4 is 4.72 Å². The maximum atomic E-state index is 13.0. The summed E-state index contributed by atoms with van der Waals surface area (Å²) >= 11 is 0. The van der Waals surface area contributed by atoms with Crippen LogP contribution >= 0.6 is 0 Å². The minimum Gasteiger partial charge on any atom is -0.459 e. The molecule has 1 aromatic rings. The average molecular weight is 317 g/mol. The van der Waals surface area contributed by atoms with Gasteiger partial charge in [-0.05, 0) is 58.4 Å². The SMILES string of the molecule is Cc1cc(F)ccc1S(=O)(=O)N[C@@H](C)C(=O)OC(C)(C)C. The molecule has 0 heterocycles. The molecule has 0 bridgehead atoms. The van der Waals surface area contributed by atoms with Crippen LogP contribution in [0.3, 0.4) is 0 Å². The molecule has 0 fully saturated rings. The largest absolute Gasteiger partial charge is 0.459 e. The Morgan fingerprint density at radius 2 is 1.90 bits per heavy atom. The maximum Gasteiger partial charge on any atom is 0.324 e. The number of ether oxygens (including phenoxy) is 1. The summed E-state index contributed by atoms with van der Waals surface area (Å²) in [6, 6.07) is 2.29. The molecule has 1 rings (SSSR count). The van der Waals surface area contributed by atoms with Gasteiger partial charge in [0.1, 0.15) is 17.5 Å². The van der Waals surface area contributed by atoms with E-state index in [2.05, 4.69) is 4.72 Å². The minimum absolute atomic E-state index is 0.0701. The topological polar surface area (TPSA) is 72.5 Å². The first-order valence-electron chi connectivity index (χ1n) is 6.44. The fourth-order valence-electron chi connectivity index (χ4n) is 1.65. The number of carbonyl (C=O) groups excluding carboxylic acids is 1. The molecule has 118 valence electrons. The van der Waals surface area contributed by atoms with Gasteiger partial charge in [-0.2, -0.15) is 4.72 Å². The van der Waals surface area contributed by atoms with Crippen molar-refractivity contribution in [2.24, 2.45) is 0 Å². The molecule has 0 spiro atoms. The molecule has 0 amide bonds. The normalized spacial score (nSPS) is 13.8. The summed E-state index contributed by atoms with van der Waals surface area (Å²) in [4.78, 5) is 11.7. The van der Waals surface area contributed by atoms with E-state index in [1.54, 1.807) is 20.8 Å². The number of halogens is 1. The summed E-state index contributed by atoms with van der Waals surface area (Å²) in [6.07, 6.45) is 0. The zero-order valence-electron chi connectivity index (χ0n) is 12.7. The Balaban J connectivity index is 2.92. The van der Waals surface area contributed by atoms with E-state index in [1.807, 2.05) is 0 Å². The number of hydrogen-bond acceptors (Lipinski definition) is 4. The van der Waals surface area contributed by atoms with Crippen LogP contribution in [-0.4, -0.2) is 26.0 Å². The Kier molecular flexibility index (Phi) is 5.11. The highest BCUT2D eigenvalue weighted by Crippen LogP contribution is 2.17. The highest BCUT2D eigenvalue weighted by Gasteiger charge is 2.27. The van der Waals surface area contributed by atoms with E-state index in [9.17, 15) is 17.6 Å². The maximum absolute atomic E-state index is 13.0. The van der Waals surface area contributed by atoms with Crippen LogP contribution in [0.25, 0.3) is 0 Å². The highest BCUT2D eigenvalue weighted by atomic mass is 32.2. The van der Waals surface area contributed by atoms with Crippen molar-refractivity contribution in [1.29, 1.82) is 0 Å². The summed E-state index contributed by atoms with van der Waals surface area (Å²) in [7, 11) is -3.93. The van der Waals surface area contributed by atoms with E-state index in [0.717, 1.165) is 18.2 Å². The first kappa shape index (κ1) is 17.6. The molecular weight excluding hydrogens is 297 g/mol. The van der Waals surface area contributed by atoms with Crippen LogP contribution in [0, 0.1) is 12.7 Å². The fraction of sp³-hybridized carbons (Fsp3) is 0.500. The summed E-state index contributed by atoms with van der Waals surface area (Å²) in [6.45, 7) is 7.95. The molecule has 0 saturated heterocycles. The average Bonchev–Trinajstić information content (AvgIpc) is 2.24. The molecule has 7 heteroatoms. The van der Waals surface area contributed by atoms with Crippen molar-refractivity contribution < 1.29 is 22.3 Å². The smallest absolute Gasteiger partial charge is 0.324 e. The van der Waals surface area contributed by atoms with Crippen LogP contribution in [0.2, 0.25) is 0 Å². The van der Waals surface area contributed by atoms with E-state index in [1.165, 1.54) is 13.8 Å². The lowest BCUT2D eigenvalue weighted by molar-refractivity contribution is -0.156. The molecule has 0 aliphatic carbocycles. The standard InChI is InChI=1S/C14H20FNO4S/c1-9-8-11(15)6-7-12(9)21(18,19)16-10(2)13(17)20-14(3,4)5/h6-8,10,16H,1-5H3/t10-/m0/s1. The van der Waals surface area contributed by atoms with Crippen molar-refractivity contribution in [2.75, 3.05) is 0 Å². The minimum atomic E-state index is -3.93. The van der Waals surface area contributed by atoms with E-state index in [4.69, 9.17) is 4.74 Å². The van der Waals surface area contributed by atoms with Crippen molar-refractivity contribution >= 4 is 16.0 Å². The van der Waals surface area contributed by atoms with Crippen molar-refractivity contribution in [2.45, 2.75) is 51.2 Å². The number of hydrogen-bond donors (Lipinski definition) is 1. The number of aryl methyl sites for hydroxylation is 1. The van der Waals surface area contributed by atoms with Gasteiger partial charge in [0.25, 0.3) is 0 Å². The van der Waals surface area contributed by atoms with Gasteiger partial charge in [-0.15, -0.1) is 0 Å². The predicted molar refractivity (Wildman–Crippen MR) is 76.8 cm³/mol. The first-order valence-corrected chi connectivity index (χ1v) is 7.92. The quantitative estimate of drug-likeness (QED) is 0.864. The van der Waals surface area contributed by atoms with Gasteiger partial charge < -0.3 is 4.74 Å². The Hall–Kier alpha value is -1.47. The molecule has 0 saturated carbocycles. The second kappa shape index (κ2) is 6.11. The van der Waals surface area contributed by atoms with Crippen molar-refractivity contribution in [3.05, 3.63) is 29.6 Å². The molecule has 1 N–H and O–H groups in total. The molecule has 1 atom stereocenters. The summed E-state index contributed by atoms with van der Waals surface area (Å²) in [5.41, 5.74) is -0.443. The van der Waals surface area contributed by atoms with E-state index >= 15 is 0 Å². The second-order valence-corrected chi connectivity index (χ2v) is 7.47. The zero-order chi connectivity index (χ0) is 16.4. The number of carbonyl (C=O) groups is 1. The van der Waals surface area contributed by atoms with E-state index < -0.39 is 33.5 Å². The van der Waals surface area contributed by atoms with Gasteiger partial charge >= 0.3 is 5.97 Å². The number of benzene rings is 1. The Morgan fingerprint density at radius 3 is 2.38 bits per heavy atom. The zero-order valence-corrected chi connectivity index (χ0v) is 13.5. The molecule has 0 aliphatic rings. The van der Waals surface area contributed by atoms with Crippen LogP contribution in [-0.2, 0) is 19.6 Å². The van der Waals surface area contributed by atoms with Gasteiger partial charge in [-0.3, -0.25) is 4.79 Å². The summed E-state index contributed by atoms with van der Waals surface area (Å²) < 4.78 is 44.8. The lowest BCUT2D eigenvalue weighted by atomic mass is 10.2. The fourth-order valence-corrected chi connectivity index (χ4v) is 3.07. The van der Waals surface area contributed by atoms with Gasteiger partial charge in [-0.25, -0.2) is 12.8 Å². The van der Waals surface area contributed by atoms with Crippen molar-refractivity contribution in [1.82, 2.24) is 4.72 Å². The second-order valence-electron chi connectivity index (χ2n) is 5.79. The van der Waals surface area contributed by atoms with Crippen LogP contribution in [0.4, 0.5) is 4.39 Å². The molecule has 21 heavy (non-hydrogen) atoms. The molecule has 0 radical (unpaired) electrons. The third kappa shape index (κ3) is 5.09. The number of nitrogens with one attached hydrogen (secondary N) is 1. The molecular formula is C14H20FNO4S. The van der Waals surface area contributed by atoms with Crippen LogP contribution in [0.5, 0.6) is 0 Å². The third-order valence-electron chi connectivity index (χ3n) is 2.52. The lowest BCUT2D eigenvalue weighted by Crippen LogP contribution is -2.42. The lowest BCUT2D eigenvalue weighted by Gasteiger charge is -2.22. The highest BCUT2D eigenvalue weighted by molar-refractivity contribution is 7.89. The Labute approximate surface area is 124 Å². The van der Waals surface area contributed by atoms with Crippen molar-refractivity contribution in [3.63, 3.8) is 0 Å². The van der Waals surface area contributed by atoms with Crippen molar-refractivity contribution in [3.8, 4) is 0 Å². The van der Waals surface area contributed by atoms with Gasteiger partial charge in [0.05, 0.1) is 4.90 Å². The van der Waals surface area contributed by atoms with Gasteiger partial charge in [-0.1, -0.05) is 0 Å². The number of esters is 1. The molecule has 0 aliphatic heterocycles. The number of rotatable bonds is 4. The Bertz CT molecular complexity index is 635. The van der Waals surface area contributed by atoms with E-state index in [-0.39, 0.29) is 10.5 Å². The van der Waals surface area contributed by atoms with Crippen LogP contribution in [0.15, 0.2) is 23.1 Å². The van der Waals surface area contributed by atoms with Crippen LogP contribution in [0.1, 0.15) is 33.3 Å². The third-order valence-corrected chi connectivity index (χ3v) is 4.22. The Morgan fingerprint density at radius 1 is 1.33 bits per heavy atom. The number of sulfonamides is 1. The molecule has 5 nitrogen and oxygen atoms in total. The summed E-state index contributed by atoms with van der Waals surface area (Å²) in [5, 5.41) is 0. The molecule has 1 aromatic carbocycles. The predicted octanol–water partition coefficient (Wildman–Crippen LogP) is 2.14. The van der Waals surface area contributed by atoms with Gasteiger partial charge in [0.15, 0.2) is 0 Å². The van der Waals surface area contributed by atoms with Gasteiger partial charge in [0, 0.05) is 0 Å². The monoisotopic (exact) mass is 317 g/mol. The summed E-state index contributed by atoms with van der Waals surface area (Å²) in [5.74, 6) is -1.20. The van der Waals surface area contributed by atoms with Gasteiger partial charge in [0.2, 0.25) is 10.0 Å². The molecule has 0 aromatic heterocycles. The molecule has 0 unspecified atom stereocenters. The van der Waals surface area contributed by atoms with E-state index in [0.29, 0.717) is 0 Å².